The van der Waals surface area contributed by atoms with Gasteiger partial charge in [0.1, 0.15) is 6.54 Å². The normalized spacial score (nSPS) is 10.9. The molecule has 0 heterocycles. The third-order valence-electron chi connectivity index (χ3n) is 4.19. The standard InChI is InChI=1S/C22H26N2O4/c1-15-7-5-6-8-18(15)24-19(25)14-28-20(26)13-23-21(27)16-9-11-17(12-10-16)22(2,3)4/h5-12H,13-14H2,1-4H3,(H,23,27)(H,24,25). The molecule has 6 nitrogen and oxygen atoms in total. The Morgan fingerprint density at radius 3 is 2.21 bits per heavy atom. The van der Waals surface area contributed by atoms with Gasteiger partial charge in [-0.15, -0.1) is 0 Å². The molecular formula is C22H26N2O4. The summed E-state index contributed by atoms with van der Waals surface area (Å²) in [6, 6.07) is 14.5. The zero-order chi connectivity index (χ0) is 20.7. The molecule has 0 aliphatic rings. The SMILES string of the molecule is Cc1ccccc1NC(=O)COC(=O)CNC(=O)c1ccc(C(C)(C)C)cc1. The van der Waals surface area contributed by atoms with Gasteiger partial charge in [0.05, 0.1) is 0 Å². The van der Waals surface area contributed by atoms with Crippen LogP contribution in [0.15, 0.2) is 48.5 Å². The third kappa shape index (κ3) is 6.23. The van der Waals surface area contributed by atoms with Crippen molar-refractivity contribution in [2.24, 2.45) is 0 Å². The Hall–Kier alpha value is -3.15. The largest absolute Gasteiger partial charge is 0.454 e. The van der Waals surface area contributed by atoms with Gasteiger partial charge in [-0.2, -0.15) is 0 Å². The van der Waals surface area contributed by atoms with E-state index >= 15 is 0 Å². The molecule has 2 aromatic carbocycles. The number of para-hydroxylation sites is 1. The van der Waals surface area contributed by atoms with Gasteiger partial charge in [-0.25, -0.2) is 0 Å². The van der Waals surface area contributed by atoms with Crippen LogP contribution in [0.4, 0.5) is 5.69 Å². The molecular weight excluding hydrogens is 356 g/mol. The fraction of sp³-hybridized carbons (Fsp3) is 0.318. The summed E-state index contributed by atoms with van der Waals surface area (Å²) in [7, 11) is 0. The molecule has 2 N–H and O–H groups in total. The predicted molar refractivity (Wildman–Crippen MR) is 108 cm³/mol. The maximum absolute atomic E-state index is 12.1. The van der Waals surface area contributed by atoms with Crippen LogP contribution in [0.2, 0.25) is 0 Å². The second-order valence-corrected chi connectivity index (χ2v) is 7.53. The van der Waals surface area contributed by atoms with Crippen LogP contribution in [0.1, 0.15) is 42.3 Å². The zero-order valence-electron chi connectivity index (χ0n) is 16.7. The minimum atomic E-state index is -0.681. The van der Waals surface area contributed by atoms with Gasteiger partial charge in [-0.1, -0.05) is 51.1 Å². The molecule has 0 aliphatic carbocycles. The van der Waals surface area contributed by atoms with Crippen molar-refractivity contribution in [2.75, 3.05) is 18.5 Å². The lowest BCUT2D eigenvalue weighted by Crippen LogP contribution is -2.32. The monoisotopic (exact) mass is 382 g/mol. The van der Waals surface area contributed by atoms with Gasteiger partial charge < -0.3 is 15.4 Å². The lowest BCUT2D eigenvalue weighted by atomic mass is 9.87. The molecule has 2 aromatic rings. The summed E-state index contributed by atoms with van der Waals surface area (Å²) >= 11 is 0. The van der Waals surface area contributed by atoms with E-state index in [1.165, 1.54) is 0 Å². The molecule has 0 aliphatic heterocycles. The summed E-state index contributed by atoms with van der Waals surface area (Å²) < 4.78 is 4.90. The number of benzene rings is 2. The molecule has 6 heteroatoms. The molecule has 0 fully saturated rings. The molecule has 0 bridgehead atoms. The Bertz CT molecular complexity index is 852. The van der Waals surface area contributed by atoms with Crippen molar-refractivity contribution in [3.05, 3.63) is 65.2 Å². The highest BCUT2D eigenvalue weighted by Gasteiger charge is 2.15. The van der Waals surface area contributed by atoms with Gasteiger partial charge in [-0.3, -0.25) is 14.4 Å². The quantitative estimate of drug-likeness (QED) is 0.752. The van der Waals surface area contributed by atoms with Crippen LogP contribution in [0, 0.1) is 6.92 Å². The zero-order valence-corrected chi connectivity index (χ0v) is 16.7. The van der Waals surface area contributed by atoms with E-state index in [4.69, 9.17) is 4.74 Å². The Morgan fingerprint density at radius 1 is 0.964 bits per heavy atom. The van der Waals surface area contributed by atoms with E-state index in [1.807, 2.05) is 31.2 Å². The van der Waals surface area contributed by atoms with E-state index in [9.17, 15) is 14.4 Å². The first-order valence-electron chi connectivity index (χ1n) is 9.06. The minimum absolute atomic E-state index is 0.00231. The molecule has 28 heavy (non-hydrogen) atoms. The van der Waals surface area contributed by atoms with Crippen molar-refractivity contribution in [3.8, 4) is 0 Å². The Balaban J connectivity index is 1.76. The third-order valence-corrected chi connectivity index (χ3v) is 4.19. The average Bonchev–Trinajstić information content (AvgIpc) is 2.65. The van der Waals surface area contributed by atoms with Gasteiger partial charge in [0, 0.05) is 11.3 Å². The summed E-state index contributed by atoms with van der Waals surface area (Å²) in [5.74, 6) is -1.49. The second kappa shape index (κ2) is 9.17. The number of carbonyl (C=O) groups is 3. The highest BCUT2D eigenvalue weighted by molar-refractivity contribution is 5.96. The number of ether oxygens (including phenoxy) is 1. The number of rotatable bonds is 6. The highest BCUT2D eigenvalue weighted by Crippen LogP contribution is 2.22. The first kappa shape index (κ1) is 21.2. The summed E-state index contributed by atoms with van der Waals surface area (Å²) in [6.45, 7) is 7.42. The van der Waals surface area contributed by atoms with Crippen molar-refractivity contribution in [1.82, 2.24) is 5.32 Å². The van der Waals surface area contributed by atoms with Gasteiger partial charge in [0.2, 0.25) is 0 Å². The number of hydrogen-bond donors (Lipinski definition) is 2. The first-order chi connectivity index (χ1) is 13.2. The van der Waals surface area contributed by atoms with Gasteiger partial charge in [0.25, 0.3) is 11.8 Å². The van der Waals surface area contributed by atoms with E-state index < -0.39 is 18.5 Å². The molecule has 0 saturated heterocycles. The summed E-state index contributed by atoms with van der Waals surface area (Å²) in [6.07, 6.45) is 0. The highest BCUT2D eigenvalue weighted by atomic mass is 16.5. The second-order valence-electron chi connectivity index (χ2n) is 7.53. The molecule has 0 aromatic heterocycles. The van der Waals surface area contributed by atoms with E-state index in [-0.39, 0.29) is 17.9 Å². The topological polar surface area (TPSA) is 84.5 Å². The van der Waals surface area contributed by atoms with Crippen molar-refractivity contribution < 1.29 is 19.1 Å². The molecule has 2 rings (SSSR count). The van der Waals surface area contributed by atoms with E-state index in [2.05, 4.69) is 31.4 Å². The lowest BCUT2D eigenvalue weighted by Gasteiger charge is -2.19. The van der Waals surface area contributed by atoms with E-state index in [0.717, 1.165) is 11.1 Å². The Kier molecular flexibility index (Phi) is 6.93. The molecule has 0 spiro atoms. The molecule has 2 amide bonds. The number of amides is 2. The van der Waals surface area contributed by atoms with Crippen molar-refractivity contribution >= 4 is 23.5 Å². The average molecular weight is 382 g/mol. The minimum Gasteiger partial charge on any atom is -0.454 e. The molecule has 0 saturated carbocycles. The smallest absolute Gasteiger partial charge is 0.325 e. The van der Waals surface area contributed by atoms with Gasteiger partial charge >= 0.3 is 5.97 Å². The van der Waals surface area contributed by atoms with Crippen LogP contribution in [-0.2, 0) is 19.7 Å². The Morgan fingerprint density at radius 2 is 1.61 bits per heavy atom. The Labute approximate surface area is 165 Å². The number of hydrogen-bond acceptors (Lipinski definition) is 4. The number of esters is 1. The molecule has 0 radical (unpaired) electrons. The maximum Gasteiger partial charge on any atom is 0.325 e. The number of carbonyl (C=O) groups excluding carboxylic acids is 3. The number of aryl methyl sites for hydroxylation is 1. The number of nitrogens with one attached hydrogen (secondary N) is 2. The van der Waals surface area contributed by atoms with Gasteiger partial charge in [0.15, 0.2) is 6.61 Å². The van der Waals surface area contributed by atoms with Gasteiger partial charge in [-0.05, 0) is 41.7 Å². The van der Waals surface area contributed by atoms with Crippen LogP contribution in [0.25, 0.3) is 0 Å². The predicted octanol–water partition coefficient (Wildman–Crippen LogP) is 3.20. The summed E-state index contributed by atoms with van der Waals surface area (Å²) in [5, 5.41) is 5.16. The molecule has 148 valence electrons. The molecule has 0 atom stereocenters. The van der Waals surface area contributed by atoms with Crippen LogP contribution in [-0.4, -0.2) is 30.9 Å². The fourth-order valence-corrected chi connectivity index (χ4v) is 2.47. The van der Waals surface area contributed by atoms with Crippen molar-refractivity contribution in [1.29, 1.82) is 0 Å². The van der Waals surface area contributed by atoms with Crippen molar-refractivity contribution in [2.45, 2.75) is 33.1 Å². The fourth-order valence-electron chi connectivity index (χ4n) is 2.47. The van der Waals surface area contributed by atoms with Crippen LogP contribution >= 0.6 is 0 Å². The van der Waals surface area contributed by atoms with Crippen molar-refractivity contribution in [3.63, 3.8) is 0 Å². The summed E-state index contributed by atoms with van der Waals surface area (Å²) in [4.78, 5) is 35.8. The maximum atomic E-state index is 12.1. The number of anilines is 1. The molecule has 0 unspecified atom stereocenters. The first-order valence-corrected chi connectivity index (χ1v) is 9.06. The summed E-state index contributed by atoms with van der Waals surface area (Å²) in [5.41, 5.74) is 3.14. The van der Waals surface area contributed by atoms with E-state index in [1.54, 1.807) is 24.3 Å². The van der Waals surface area contributed by atoms with E-state index in [0.29, 0.717) is 11.3 Å². The van der Waals surface area contributed by atoms with Crippen LogP contribution < -0.4 is 10.6 Å². The van der Waals surface area contributed by atoms with Crippen LogP contribution in [0.3, 0.4) is 0 Å². The van der Waals surface area contributed by atoms with Crippen LogP contribution in [0.5, 0.6) is 0 Å². The lowest BCUT2D eigenvalue weighted by molar-refractivity contribution is -0.146.